The lowest BCUT2D eigenvalue weighted by Gasteiger charge is -2.07. The monoisotopic (exact) mass is 300 g/mol. The lowest BCUT2D eigenvalue weighted by molar-refractivity contribution is 0.0702. The summed E-state index contributed by atoms with van der Waals surface area (Å²) in [7, 11) is 0. The molecule has 0 atom stereocenters. The second kappa shape index (κ2) is 5.59. The molecule has 1 aromatic heterocycles. The van der Waals surface area contributed by atoms with Gasteiger partial charge >= 0.3 is 5.97 Å². The predicted molar refractivity (Wildman–Crippen MR) is 71.8 cm³/mol. The summed E-state index contributed by atoms with van der Waals surface area (Å²) in [5.74, 6) is -1.03. The molecule has 19 heavy (non-hydrogen) atoms. The van der Waals surface area contributed by atoms with Crippen LogP contribution in [0.5, 0.6) is 5.75 Å². The van der Waals surface area contributed by atoms with E-state index in [1.165, 1.54) is 29.5 Å². The Labute approximate surface area is 118 Å². The molecule has 6 heteroatoms. The van der Waals surface area contributed by atoms with Crippen molar-refractivity contribution in [2.75, 3.05) is 0 Å². The van der Waals surface area contributed by atoms with Crippen molar-refractivity contribution in [3.8, 4) is 5.75 Å². The molecule has 100 valence electrons. The fourth-order valence-corrected chi connectivity index (χ4v) is 2.61. The zero-order chi connectivity index (χ0) is 14.0. The third-order valence-corrected chi connectivity index (χ3v) is 3.88. The van der Waals surface area contributed by atoms with Crippen LogP contribution in [0, 0.1) is 12.7 Å². The van der Waals surface area contributed by atoms with Gasteiger partial charge in [0.2, 0.25) is 0 Å². The molecule has 0 aliphatic carbocycles. The summed E-state index contributed by atoms with van der Waals surface area (Å²) in [6.45, 7) is 2.02. The van der Waals surface area contributed by atoms with Crippen molar-refractivity contribution >= 4 is 28.9 Å². The van der Waals surface area contributed by atoms with Crippen LogP contribution in [0.2, 0.25) is 5.02 Å². The Kier molecular flexibility index (Phi) is 4.07. The maximum Gasteiger partial charge on any atom is 0.345 e. The maximum atomic E-state index is 12.9. The first-order valence-corrected chi connectivity index (χ1v) is 6.57. The van der Waals surface area contributed by atoms with Crippen LogP contribution in [0.1, 0.15) is 20.1 Å². The van der Waals surface area contributed by atoms with E-state index in [-0.39, 0.29) is 16.5 Å². The van der Waals surface area contributed by atoms with Gasteiger partial charge in [0.15, 0.2) is 0 Å². The Morgan fingerprint density at radius 3 is 2.79 bits per heavy atom. The second-order valence-corrected chi connectivity index (χ2v) is 5.52. The van der Waals surface area contributed by atoms with Crippen LogP contribution < -0.4 is 4.74 Å². The minimum atomic E-state index is -0.959. The number of halogens is 2. The molecular formula is C13H10ClFO3S. The third-order valence-electron chi connectivity index (χ3n) is 2.51. The largest absolute Gasteiger partial charge is 0.487 e. The number of aryl methyl sites for hydroxylation is 1. The van der Waals surface area contributed by atoms with Crippen molar-refractivity contribution in [2.24, 2.45) is 0 Å². The van der Waals surface area contributed by atoms with Crippen LogP contribution >= 0.6 is 22.9 Å². The summed E-state index contributed by atoms with van der Waals surface area (Å²) in [5.41, 5.74) is 0.780. The molecule has 3 nitrogen and oxygen atoms in total. The van der Waals surface area contributed by atoms with E-state index in [1.54, 1.807) is 6.07 Å². The number of hydrogen-bond acceptors (Lipinski definition) is 3. The molecular weight excluding hydrogens is 291 g/mol. The average Bonchev–Trinajstić information content (AvgIpc) is 2.70. The quantitative estimate of drug-likeness (QED) is 0.923. The van der Waals surface area contributed by atoms with E-state index < -0.39 is 11.8 Å². The Hall–Kier alpha value is -1.59. The number of rotatable bonds is 4. The van der Waals surface area contributed by atoms with Gasteiger partial charge < -0.3 is 9.84 Å². The van der Waals surface area contributed by atoms with Gasteiger partial charge in [0, 0.05) is 10.4 Å². The first-order valence-electron chi connectivity index (χ1n) is 5.38. The number of carboxylic acid groups (broad SMARTS) is 1. The summed E-state index contributed by atoms with van der Waals surface area (Å²) in [4.78, 5) is 12.0. The molecule has 0 bridgehead atoms. The fraction of sp³-hybridized carbons (Fsp3) is 0.154. The molecule has 1 heterocycles. The number of aromatic carboxylic acids is 1. The first-order chi connectivity index (χ1) is 8.97. The Morgan fingerprint density at radius 2 is 2.21 bits per heavy atom. The Balaban J connectivity index is 2.12. The standard InChI is InChI=1S/C13H10ClFO3S/c1-7-8(4-12(19-7)13(16)17)6-18-11-3-2-9(15)5-10(11)14/h2-5H,6H2,1H3,(H,16,17). The van der Waals surface area contributed by atoms with Crippen LogP contribution in [0.4, 0.5) is 4.39 Å². The van der Waals surface area contributed by atoms with Gasteiger partial charge in [0.25, 0.3) is 0 Å². The van der Waals surface area contributed by atoms with E-state index in [9.17, 15) is 9.18 Å². The minimum Gasteiger partial charge on any atom is -0.487 e. The highest BCUT2D eigenvalue weighted by molar-refractivity contribution is 7.14. The number of ether oxygens (including phenoxy) is 1. The SMILES string of the molecule is Cc1sc(C(=O)O)cc1COc1ccc(F)cc1Cl. The third kappa shape index (κ3) is 3.24. The summed E-state index contributed by atoms with van der Waals surface area (Å²) in [6, 6.07) is 5.43. The van der Waals surface area contributed by atoms with E-state index in [0.29, 0.717) is 5.75 Å². The molecule has 1 N–H and O–H groups in total. The molecule has 0 fully saturated rings. The summed E-state index contributed by atoms with van der Waals surface area (Å²) in [6.07, 6.45) is 0. The molecule has 2 rings (SSSR count). The number of carbonyl (C=O) groups is 1. The lowest BCUT2D eigenvalue weighted by Crippen LogP contribution is -1.97. The molecule has 0 radical (unpaired) electrons. The fourth-order valence-electron chi connectivity index (χ4n) is 1.52. The van der Waals surface area contributed by atoms with E-state index >= 15 is 0 Å². The molecule has 0 aliphatic heterocycles. The maximum absolute atomic E-state index is 12.9. The van der Waals surface area contributed by atoms with Crippen LogP contribution in [0.25, 0.3) is 0 Å². The Bertz CT molecular complexity index is 624. The van der Waals surface area contributed by atoms with Crippen molar-refractivity contribution in [3.05, 3.63) is 50.4 Å². The molecule has 0 saturated heterocycles. The highest BCUT2D eigenvalue weighted by atomic mass is 35.5. The van der Waals surface area contributed by atoms with Gasteiger partial charge in [-0.25, -0.2) is 9.18 Å². The van der Waals surface area contributed by atoms with E-state index in [2.05, 4.69) is 0 Å². The van der Waals surface area contributed by atoms with Gasteiger partial charge in [0.1, 0.15) is 23.1 Å². The highest BCUT2D eigenvalue weighted by Gasteiger charge is 2.12. The van der Waals surface area contributed by atoms with E-state index in [1.807, 2.05) is 6.92 Å². The van der Waals surface area contributed by atoms with Crippen molar-refractivity contribution in [1.29, 1.82) is 0 Å². The molecule has 0 saturated carbocycles. The van der Waals surface area contributed by atoms with Gasteiger partial charge in [0.05, 0.1) is 5.02 Å². The topological polar surface area (TPSA) is 46.5 Å². The molecule has 0 unspecified atom stereocenters. The van der Waals surface area contributed by atoms with Crippen molar-refractivity contribution in [1.82, 2.24) is 0 Å². The van der Waals surface area contributed by atoms with Crippen molar-refractivity contribution in [3.63, 3.8) is 0 Å². The van der Waals surface area contributed by atoms with Gasteiger partial charge in [-0.2, -0.15) is 0 Å². The second-order valence-electron chi connectivity index (χ2n) is 3.86. The van der Waals surface area contributed by atoms with Gasteiger partial charge in [-0.3, -0.25) is 0 Å². The highest BCUT2D eigenvalue weighted by Crippen LogP contribution is 2.27. The zero-order valence-corrected chi connectivity index (χ0v) is 11.5. The van der Waals surface area contributed by atoms with Gasteiger partial charge in [-0.1, -0.05) is 11.6 Å². The number of carboxylic acids is 1. The molecule has 0 aliphatic rings. The normalized spacial score (nSPS) is 10.5. The zero-order valence-electron chi connectivity index (χ0n) is 9.94. The van der Waals surface area contributed by atoms with Crippen molar-refractivity contribution < 1.29 is 19.0 Å². The van der Waals surface area contributed by atoms with Gasteiger partial charge in [-0.05, 0) is 31.2 Å². The van der Waals surface area contributed by atoms with Crippen LogP contribution in [0.3, 0.4) is 0 Å². The molecule has 0 spiro atoms. The van der Waals surface area contributed by atoms with Crippen molar-refractivity contribution in [2.45, 2.75) is 13.5 Å². The summed E-state index contributed by atoms with van der Waals surface area (Å²) >= 11 is 7.03. The molecule has 2 aromatic rings. The van der Waals surface area contributed by atoms with Crippen LogP contribution in [-0.4, -0.2) is 11.1 Å². The first kappa shape index (κ1) is 13.8. The smallest absolute Gasteiger partial charge is 0.345 e. The summed E-state index contributed by atoms with van der Waals surface area (Å²) < 4.78 is 18.3. The summed E-state index contributed by atoms with van der Waals surface area (Å²) in [5, 5.41) is 9.08. The average molecular weight is 301 g/mol. The number of benzene rings is 1. The van der Waals surface area contributed by atoms with E-state index in [0.717, 1.165) is 10.4 Å². The predicted octanol–water partition coefficient (Wildman–Crippen LogP) is 4.13. The molecule has 1 aromatic carbocycles. The minimum absolute atomic E-state index is 0.186. The number of thiophene rings is 1. The lowest BCUT2D eigenvalue weighted by atomic mass is 10.2. The van der Waals surface area contributed by atoms with Crippen LogP contribution in [-0.2, 0) is 6.61 Å². The molecule has 0 amide bonds. The van der Waals surface area contributed by atoms with Crippen LogP contribution in [0.15, 0.2) is 24.3 Å². The number of hydrogen-bond donors (Lipinski definition) is 1. The Morgan fingerprint density at radius 1 is 1.47 bits per heavy atom. The van der Waals surface area contributed by atoms with E-state index in [4.69, 9.17) is 21.4 Å². The van der Waals surface area contributed by atoms with Gasteiger partial charge in [-0.15, -0.1) is 11.3 Å².